The van der Waals surface area contributed by atoms with Crippen molar-refractivity contribution in [2.24, 2.45) is 28.6 Å². The molecule has 4 aliphatic carbocycles. The van der Waals surface area contributed by atoms with E-state index >= 15 is 8.78 Å². The summed E-state index contributed by atoms with van der Waals surface area (Å²) < 4.78 is 43.5. The van der Waals surface area contributed by atoms with Gasteiger partial charge in [-0.3, -0.25) is 19.2 Å². The number of allylic oxidation sites excluding steroid dienone is 4. The van der Waals surface area contributed by atoms with Crippen LogP contribution in [0.25, 0.3) is 0 Å². The van der Waals surface area contributed by atoms with E-state index < -0.39 is 82.2 Å². The zero-order chi connectivity index (χ0) is 26.1. The number of hydrogen-bond acceptors (Lipinski definition) is 7. The number of esters is 2. The molecular weight excluding hydrogens is 462 g/mol. The fourth-order valence-corrected chi connectivity index (χ4v) is 7.89. The van der Waals surface area contributed by atoms with Crippen LogP contribution in [0, 0.1) is 28.6 Å². The highest BCUT2D eigenvalue weighted by Crippen LogP contribution is 2.71. The maximum atomic E-state index is 17.3. The lowest BCUT2D eigenvalue weighted by Gasteiger charge is -2.63. The molecule has 0 radical (unpaired) electrons. The Morgan fingerprint density at radius 3 is 2.40 bits per heavy atom. The zero-order valence-electron chi connectivity index (χ0n) is 20.6. The predicted molar refractivity (Wildman–Crippen MR) is 119 cm³/mol. The van der Waals surface area contributed by atoms with Gasteiger partial charge in [-0.15, -0.1) is 0 Å². The van der Waals surface area contributed by atoms with Crippen molar-refractivity contribution in [2.75, 3.05) is 6.61 Å². The Labute approximate surface area is 202 Å². The molecule has 0 saturated heterocycles. The van der Waals surface area contributed by atoms with Gasteiger partial charge in [-0.1, -0.05) is 19.9 Å². The normalized spacial score (nSPS) is 46.1. The van der Waals surface area contributed by atoms with E-state index in [2.05, 4.69) is 0 Å². The lowest BCUT2D eigenvalue weighted by Crippen LogP contribution is -2.71. The summed E-state index contributed by atoms with van der Waals surface area (Å²) in [5.74, 6) is -4.77. The van der Waals surface area contributed by atoms with Gasteiger partial charge in [0.1, 0.15) is 6.17 Å². The van der Waals surface area contributed by atoms with Crippen LogP contribution < -0.4 is 0 Å². The summed E-state index contributed by atoms with van der Waals surface area (Å²) in [5, 5.41) is 11.4. The maximum Gasteiger partial charge on any atom is 0.303 e. The first kappa shape index (κ1) is 25.7. The van der Waals surface area contributed by atoms with Crippen LogP contribution >= 0.6 is 0 Å². The molecule has 0 aromatic rings. The van der Waals surface area contributed by atoms with Gasteiger partial charge in [-0.05, 0) is 49.8 Å². The van der Waals surface area contributed by atoms with Gasteiger partial charge in [0.05, 0.1) is 6.10 Å². The average Bonchev–Trinajstić information content (AvgIpc) is 2.97. The van der Waals surface area contributed by atoms with Gasteiger partial charge in [0.15, 0.2) is 23.7 Å². The number of alkyl halides is 2. The minimum atomic E-state index is -2.31. The molecule has 1 N–H and O–H groups in total. The van der Waals surface area contributed by atoms with Crippen molar-refractivity contribution >= 4 is 23.5 Å². The Bertz CT molecular complexity index is 1050. The molecule has 9 atom stereocenters. The molecule has 35 heavy (non-hydrogen) atoms. The zero-order valence-corrected chi connectivity index (χ0v) is 20.6. The largest absolute Gasteiger partial charge is 0.458 e. The van der Waals surface area contributed by atoms with Crippen LogP contribution in [0.1, 0.15) is 53.9 Å². The number of carbonyl (C=O) groups is 4. The van der Waals surface area contributed by atoms with Gasteiger partial charge in [-0.2, -0.15) is 0 Å². The van der Waals surface area contributed by atoms with Crippen LogP contribution in [-0.4, -0.2) is 58.8 Å². The van der Waals surface area contributed by atoms with E-state index in [9.17, 15) is 24.3 Å². The van der Waals surface area contributed by atoms with Crippen LogP contribution in [0.15, 0.2) is 23.8 Å². The highest BCUT2D eigenvalue weighted by atomic mass is 19.1. The third-order valence-corrected chi connectivity index (χ3v) is 9.29. The molecule has 0 unspecified atom stereocenters. The smallest absolute Gasteiger partial charge is 0.303 e. The summed E-state index contributed by atoms with van der Waals surface area (Å²) >= 11 is 0. The molecule has 0 heterocycles. The minimum absolute atomic E-state index is 0.00892. The van der Waals surface area contributed by atoms with Gasteiger partial charge in [0, 0.05) is 36.5 Å². The number of halogens is 2. The van der Waals surface area contributed by atoms with Crippen molar-refractivity contribution < 1.29 is 42.5 Å². The second-order valence-electron chi connectivity index (χ2n) is 11.0. The Morgan fingerprint density at radius 1 is 1.14 bits per heavy atom. The Morgan fingerprint density at radius 2 is 1.80 bits per heavy atom. The number of aliphatic hydroxyl groups excluding tert-OH is 1. The van der Waals surface area contributed by atoms with Crippen LogP contribution in [0.4, 0.5) is 8.78 Å². The third kappa shape index (κ3) is 3.22. The predicted octanol–water partition coefficient (Wildman–Crippen LogP) is 2.99. The molecule has 0 amide bonds. The van der Waals surface area contributed by atoms with Gasteiger partial charge in [0.2, 0.25) is 5.78 Å². The average molecular weight is 495 g/mol. The van der Waals surface area contributed by atoms with Crippen molar-refractivity contribution in [3.63, 3.8) is 0 Å². The van der Waals surface area contributed by atoms with Gasteiger partial charge in [0.25, 0.3) is 0 Å². The van der Waals surface area contributed by atoms with Gasteiger partial charge < -0.3 is 14.6 Å². The van der Waals surface area contributed by atoms with Crippen molar-refractivity contribution in [2.45, 2.75) is 77.4 Å². The summed E-state index contributed by atoms with van der Waals surface area (Å²) in [6.45, 7) is 6.52. The van der Waals surface area contributed by atoms with E-state index in [0.29, 0.717) is 0 Å². The molecule has 3 saturated carbocycles. The number of fused-ring (bicyclic) bond motifs is 5. The standard InChI is InChI=1S/C26H32F2O7/c1-13-8-17-18-10-20(27)19-9-16(31)6-7-23(19,4)25(18,28)21(32)11-24(17,5)26(13,35-15(3)30)22(33)12-34-14(2)29/h6-7,9,13,17-18,20-21,32H,8,10-12H2,1-5H3/t13-,17+,18+,20-,21+,23+,24+,25+,26+/m1/s1. The number of Topliss-reactive ketones (excluding diaryl/α,β-unsaturated/α-hetero) is 1. The molecule has 0 aromatic heterocycles. The van der Waals surface area contributed by atoms with E-state index in [1.165, 1.54) is 19.1 Å². The second-order valence-corrected chi connectivity index (χ2v) is 11.0. The first-order valence-corrected chi connectivity index (χ1v) is 12.0. The van der Waals surface area contributed by atoms with Crippen LogP contribution in [0.2, 0.25) is 0 Å². The lowest BCUT2D eigenvalue weighted by atomic mass is 9.44. The van der Waals surface area contributed by atoms with Crippen molar-refractivity contribution in [3.05, 3.63) is 23.8 Å². The van der Waals surface area contributed by atoms with Crippen LogP contribution in [0.3, 0.4) is 0 Å². The molecule has 0 aromatic carbocycles. The third-order valence-electron chi connectivity index (χ3n) is 9.29. The Kier molecular flexibility index (Phi) is 5.90. The number of hydrogen-bond donors (Lipinski definition) is 1. The lowest BCUT2D eigenvalue weighted by molar-refractivity contribution is -0.231. The SMILES string of the molecule is CC(=O)OCC(=O)[C@@]1(OC(C)=O)[C@H](C)C[C@H]2[C@@H]3C[C@@H](F)C4=CC(=O)C=C[C@]4(C)[C@@]3(F)[C@@H](O)C[C@@]21C. The van der Waals surface area contributed by atoms with E-state index in [0.717, 1.165) is 19.9 Å². The summed E-state index contributed by atoms with van der Waals surface area (Å²) in [4.78, 5) is 49.1. The number of rotatable bonds is 4. The molecule has 0 spiro atoms. The van der Waals surface area contributed by atoms with Crippen molar-refractivity contribution in [1.29, 1.82) is 0 Å². The fourth-order valence-electron chi connectivity index (χ4n) is 7.89. The number of carbonyl (C=O) groups excluding carboxylic acids is 4. The summed E-state index contributed by atoms with van der Waals surface area (Å²) in [6, 6.07) is 0. The Balaban J connectivity index is 1.85. The quantitative estimate of drug-likeness (QED) is 0.599. The van der Waals surface area contributed by atoms with Crippen molar-refractivity contribution in [3.8, 4) is 0 Å². The van der Waals surface area contributed by atoms with E-state index in [-0.39, 0.29) is 24.8 Å². The summed E-state index contributed by atoms with van der Waals surface area (Å²) in [6.07, 6.45) is 0.118. The first-order valence-electron chi connectivity index (χ1n) is 12.0. The van der Waals surface area contributed by atoms with E-state index in [1.54, 1.807) is 13.8 Å². The molecule has 192 valence electrons. The highest BCUT2D eigenvalue weighted by Gasteiger charge is 2.78. The Hall–Kier alpha value is -2.42. The topological polar surface area (TPSA) is 107 Å². The molecular formula is C26H32F2O7. The monoisotopic (exact) mass is 494 g/mol. The second kappa shape index (κ2) is 8.05. The molecule has 4 rings (SSSR count). The van der Waals surface area contributed by atoms with Crippen molar-refractivity contribution in [1.82, 2.24) is 0 Å². The highest BCUT2D eigenvalue weighted by molar-refractivity contribution is 6.01. The minimum Gasteiger partial charge on any atom is -0.458 e. The molecule has 0 bridgehead atoms. The van der Waals surface area contributed by atoms with E-state index in [1.807, 2.05) is 0 Å². The molecule has 4 aliphatic rings. The first-order chi connectivity index (χ1) is 16.1. The number of ketones is 2. The summed E-state index contributed by atoms with van der Waals surface area (Å²) in [7, 11) is 0. The molecule has 7 nitrogen and oxygen atoms in total. The van der Waals surface area contributed by atoms with Crippen LogP contribution in [0.5, 0.6) is 0 Å². The maximum absolute atomic E-state index is 17.3. The summed E-state index contributed by atoms with van der Waals surface area (Å²) in [5.41, 5.74) is -6.90. The molecule has 9 heteroatoms. The van der Waals surface area contributed by atoms with E-state index in [4.69, 9.17) is 9.47 Å². The van der Waals surface area contributed by atoms with Crippen LogP contribution in [-0.2, 0) is 28.7 Å². The molecule has 3 fully saturated rings. The number of aliphatic hydroxyl groups is 1. The fraction of sp³-hybridized carbons (Fsp3) is 0.692. The number of ether oxygens (including phenoxy) is 2. The molecule has 0 aliphatic heterocycles. The van der Waals surface area contributed by atoms with Gasteiger partial charge in [-0.25, -0.2) is 8.78 Å². The van der Waals surface area contributed by atoms with Gasteiger partial charge >= 0.3 is 11.9 Å².